The maximum absolute atomic E-state index is 12.7. The maximum atomic E-state index is 12.7. The van der Waals surface area contributed by atoms with Crippen LogP contribution in [0.5, 0.6) is 0 Å². The Morgan fingerprint density at radius 1 is 1.15 bits per heavy atom. The van der Waals surface area contributed by atoms with Gasteiger partial charge in [0.05, 0.1) is 17.0 Å². The monoisotopic (exact) mass is 359 g/mol. The number of hydrogen-bond donors (Lipinski definition) is 1. The van der Waals surface area contributed by atoms with Gasteiger partial charge in [-0.2, -0.15) is 0 Å². The highest BCUT2D eigenvalue weighted by molar-refractivity contribution is 5.79. The predicted molar refractivity (Wildman–Crippen MR) is 98.0 cm³/mol. The van der Waals surface area contributed by atoms with E-state index in [1.807, 2.05) is 31.2 Å². The summed E-state index contributed by atoms with van der Waals surface area (Å²) in [6.45, 7) is 3.84. The van der Waals surface area contributed by atoms with E-state index in [1.54, 1.807) is 14.0 Å². The molecule has 140 valence electrons. The molecule has 1 aromatic carbocycles. The van der Waals surface area contributed by atoms with Crippen molar-refractivity contribution in [1.82, 2.24) is 14.0 Å². The number of nitrogens with zero attached hydrogens (tertiary/aromatic N) is 3. The van der Waals surface area contributed by atoms with E-state index in [2.05, 4.69) is 0 Å². The Morgan fingerprint density at radius 3 is 2.42 bits per heavy atom. The zero-order chi connectivity index (χ0) is 18.7. The highest BCUT2D eigenvalue weighted by Gasteiger charge is 2.28. The summed E-state index contributed by atoms with van der Waals surface area (Å²) in [6, 6.07) is 7.61. The third-order valence-corrected chi connectivity index (χ3v) is 5.04. The molecule has 3 rings (SSSR count). The third-order valence-electron chi connectivity index (χ3n) is 5.04. The summed E-state index contributed by atoms with van der Waals surface area (Å²) in [5.74, 6) is -1.42. The summed E-state index contributed by atoms with van der Waals surface area (Å²) in [6.07, 6.45) is 2.38. The summed E-state index contributed by atoms with van der Waals surface area (Å²) in [5, 5.41) is 9.17. The molecule has 1 N–H and O–H groups in total. The van der Waals surface area contributed by atoms with Crippen molar-refractivity contribution in [2.45, 2.75) is 45.7 Å². The molecule has 2 heterocycles. The Kier molecular flexibility index (Phi) is 5.44. The number of carbonyl (C=O) groups is 2. The second kappa shape index (κ2) is 7.76. The third kappa shape index (κ3) is 3.52. The van der Waals surface area contributed by atoms with Gasteiger partial charge in [0, 0.05) is 32.6 Å². The molecule has 0 aliphatic carbocycles. The second-order valence-corrected chi connectivity index (χ2v) is 6.84. The molecular formula is C19H25N3O4. The number of amides is 1. The number of aliphatic carboxylic acids is 1. The number of aryl methyl sites for hydroxylation is 2. The van der Waals surface area contributed by atoms with Crippen LogP contribution in [-0.2, 0) is 22.7 Å². The van der Waals surface area contributed by atoms with E-state index < -0.39 is 11.9 Å². The highest BCUT2D eigenvalue weighted by atomic mass is 16.4. The number of hydrogen-bond acceptors (Lipinski definition) is 3. The lowest BCUT2D eigenvalue weighted by atomic mass is 9.98. The summed E-state index contributed by atoms with van der Waals surface area (Å²) < 4.78 is 3.41. The number of carboxylic acid groups (broad SMARTS) is 1. The molecule has 1 aliphatic heterocycles. The van der Waals surface area contributed by atoms with Crippen LogP contribution in [0.1, 0.15) is 32.6 Å². The van der Waals surface area contributed by atoms with E-state index in [4.69, 9.17) is 5.11 Å². The van der Waals surface area contributed by atoms with Crippen molar-refractivity contribution >= 4 is 22.9 Å². The minimum Gasteiger partial charge on any atom is -0.481 e. The SMILES string of the molecule is CCCn1c(=O)n(CCC(=O)N2CCCC(C(=O)O)C2)c2ccccc21. The summed E-state index contributed by atoms with van der Waals surface area (Å²) in [4.78, 5) is 38.1. The van der Waals surface area contributed by atoms with Crippen molar-refractivity contribution in [3.63, 3.8) is 0 Å². The molecule has 1 amide bonds. The number of aromatic nitrogens is 2. The van der Waals surface area contributed by atoms with Crippen molar-refractivity contribution in [2.75, 3.05) is 13.1 Å². The molecule has 0 bridgehead atoms. The zero-order valence-corrected chi connectivity index (χ0v) is 15.1. The molecule has 7 heteroatoms. The van der Waals surface area contributed by atoms with Gasteiger partial charge in [0.15, 0.2) is 0 Å². The predicted octanol–water partition coefficient (Wildman–Crippen LogP) is 1.93. The summed E-state index contributed by atoms with van der Waals surface area (Å²) >= 11 is 0. The quantitative estimate of drug-likeness (QED) is 0.854. The fourth-order valence-electron chi connectivity index (χ4n) is 3.70. The van der Waals surface area contributed by atoms with Gasteiger partial charge in [0.2, 0.25) is 5.91 Å². The number of para-hydroxylation sites is 2. The van der Waals surface area contributed by atoms with Gasteiger partial charge in [-0.3, -0.25) is 18.7 Å². The maximum Gasteiger partial charge on any atom is 0.329 e. The fraction of sp³-hybridized carbons (Fsp3) is 0.526. The first kappa shape index (κ1) is 18.2. The van der Waals surface area contributed by atoms with Gasteiger partial charge in [-0.25, -0.2) is 4.79 Å². The van der Waals surface area contributed by atoms with Gasteiger partial charge in [0.25, 0.3) is 0 Å². The van der Waals surface area contributed by atoms with Crippen LogP contribution in [0.4, 0.5) is 0 Å². The van der Waals surface area contributed by atoms with Gasteiger partial charge in [-0.15, -0.1) is 0 Å². The van der Waals surface area contributed by atoms with Crippen LogP contribution in [0.15, 0.2) is 29.1 Å². The molecule has 2 aromatic rings. The Balaban J connectivity index is 1.75. The average molecular weight is 359 g/mol. The molecule has 1 aromatic heterocycles. The first-order valence-corrected chi connectivity index (χ1v) is 9.21. The number of imidazole rings is 1. The summed E-state index contributed by atoms with van der Waals surface area (Å²) in [5.41, 5.74) is 1.62. The topological polar surface area (TPSA) is 84.5 Å². The fourth-order valence-corrected chi connectivity index (χ4v) is 3.70. The smallest absolute Gasteiger partial charge is 0.329 e. The van der Waals surface area contributed by atoms with Gasteiger partial charge in [0.1, 0.15) is 0 Å². The van der Waals surface area contributed by atoms with Gasteiger partial charge in [-0.05, 0) is 31.4 Å². The van der Waals surface area contributed by atoms with Crippen LogP contribution in [0.25, 0.3) is 11.0 Å². The lowest BCUT2D eigenvalue weighted by Crippen LogP contribution is -2.42. The normalized spacial score (nSPS) is 17.6. The van der Waals surface area contributed by atoms with Crippen molar-refractivity contribution in [3.8, 4) is 0 Å². The summed E-state index contributed by atoms with van der Waals surface area (Å²) in [7, 11) is 0. The minimum absolute atomic E-state index is 0.0878. The molecule has 1 saturated heterocycles. The van der Waals surface area contributed by atoms with Gasteiger partial charge >= 0.3 is 11.7 Å². The van der Waals surface area contributed by atoms with Crippen LogP contribution in [0, 0.1) is 5.92 Å². The Hall–Kier alpha value is -2.57. The Bertz CT molecular complexity index is 867. The molecule has 1 aliphatic rings. The van der Waals surface area contributed by atoms with E-state index >= 15 is 0 Å². The number of carboxylic acids is 1. The first-order valence-electron chi connectivity index (χ1n) is 9.21. The van der Waals surface area contributed by atoms with E-state index in [1.165, 1.54) is 0 Å². The van der Waals surface area contributed by atoms with Crippen molar-refractivity contribution in [1.29, 1.82) is 0 Å². The van der Waals surface area contributed by atoms with Gasteiger partial charge < -0.3 is 10.0 Å². The van der Waals surface area contributed by atoms with E-state index in [-0.39, 0.29) is 24.6 Å². The number of fused-ring (bicyclic) bond motifs is 1. The average Bonchev–Trinajstić information content (AvgIpc) is 2.92. The number of carbonyl (C=O) groups excluding carboxylic acids is 1. The molecule has 1 unspecified atom stereocenters. The molecule has 0 spiro atoms. The van der Waals surface area contributed by atoms with Crippen LogP contribution >= 0.6 is 0 Å². The molecule has 26 heavy (non-hydrogen) atoms. The Morgan fingerprint density at radius 2 is 1.81 bits per heavy atom. The zero-order valence-electron chi connectivity index (χ0n) is 15.1. The van der Waals surface area contributed by atoms with Crippen LogP contribution in [0.3, 0.4) is 0 Å². The van der Waals surface area contributed by atoms with Crippen LogP contribution in [-0.4, -0.2) is 44.1 Å². The van der Waals surface area contributed by atoms with E-state index in [9.17, 15) is 14.4 Å². The van der Waals surface area contributed by atoms with Gasteiger partial charge in [-0.1, -0.05) is 19.1 Å². The van der Waals surface area contributed by atoms with Crippen LogP contribution < -0.4 is 5.69 Å². The van der Waals surface area contributed by atoms with E-state index in [0.29, 0.717) is 32.5 Å². The first-order chi connectivity index (χ1) is 12.5. The van der Waals surface area contributed by atoms with Crippen LogP contribution in [0.2, 0.25) is 0 Å². The lowest BCUT2D eigenvalue weighted by Gasteiger charge is -2.30. The minimum atomic E-state index is -0.846. The molecule has 1 fully saturated rings. The molecule has 0 radical (unpaired) electrons. The van der Waals surface area contributed by atoms with Crippen molar-refractivity contribution in [2.24, 2.45) is 5.92 Å². The number of benzene rings is 1. The molecule has 1 atom stereocenters. The standard InChI is InChI=1S/C19H25N3O4/c1-2-10-21-15-7-3-4-8-16(15)22(19(21)26)12-9-17(23)20-11-5-6-14(13-20)18(24)25/h3-4,7-8,14H,2,5-6,9-13H2,1H3,(H,24,25). The van der Waals surface area contributed by atoms with Crippen molar-refractivity contribution in [3.05, 3.63) is 34.7 Å². The molecular weight excluding hydrogens is 334 g/mol. The highest BCUT2D eigenvalue weighted by Crippen LogP contribution is 2.18. The lowest BCUT2D eigenvalue weighted by molar-refractivity contribution is -0.145. The Labute approximate surface area is 151 Å². The number of piperidine rings is 1. The second-order valence-electron chi connectivity index (χ2n) is 6.84. The van der Waals surface area contributed by atoms with E-state index in [0.717, 1.165) is 17.5 Å². The largest absolute Gasteiger partial charge is 0.481 e. The molecule has 7 nitrogen and oxygen atoms in total. The van der Waals surface area contributed by atoms with Crippen molar-refractivity contribution < 1.29 is 14.7 Å². The molecule has 0 saturated carbocycles. The number of likely N-dealkylation sites (tertiary alicyclic amines) is 1. The number of rotatable bonds is 6.